The van der Waals surface area contributed by atoms with Crippen LogP contribution in [0.15, 0.2) is 27.8 Å². The number of unbranched alkanes of at least 4 members (excludes halogenated alkanes) is 1. The predicted molar refractivity (Wildman–Crippen MR) is 145 cm³/mol. The summed E-state index contributed by atoms with van der Waals surface area (Å²) in [7, 11) is -0.0263. The molecule has 11 nitrogen and oxygen atoms in total. The van der Waals surface area contributed by atoms with Gasteiger partial charge >= 0.3 is 13.3 Å². The fourth-order valence-corrected chi connectivity index (χ4v) is 5.93. The van der Waals surface area contributed by atoms with Gasteiger partial charge < -0.3 is 23.5 Å². The minimum Gasteiger partial charge on any atom is -0.493 e. The molecule has 0 atom stereocenters. The molecule has 2 aromatic heterocycles. The Kier molecular flexibility index (Phi) is 10.4. The summed E-state index contributed by atoms with van der Waals surface area (Å²) in [5.74, 6) is 4.20. The van der Waals surface area contributed by atoms with Gasteiger partial charge in [0.25, 0.3) is 5.56 Å². The average molecular weight is 547 g/mol. The second-order valence-corrected chi connectivity index (χ2v) is 10.7. The number of hydrogen-bond acceptors (Lipinski definition) is 8. The number of ether oxygens (including phenoxy) is 2. The summed E-state index contributed by atoms with van der Waals surface area (Å²) in [6, 6.07) is 5.66. The Labute approximate surface area is 221 Å². The van der Waals surface area contributed by atoms with Crippen LogP contribution in [0.4, 0.5) is 0 Å². The van der Waals surface area contributed by atoms with E-state index in [0.29, 0.717) is 43.0 Å². The maximum absolute atomic E-state index is 13.2. The van der Waals surface area contributed by atoms with Crippen LogP contribution in [0.25, 0.3) is 11.2 Å². The van der Waals surface area contributed by atoms with E-state index in [1.54, 1.807) is 28.1 Å². The van der Waals surface area contributed by atoms with Crippen molar-refractivity contribution in [3.63, 3.8) is 0 Å². The van der Waals surface area contributed by atoms with Crippen molar-refractivity contribution in [3.8, 4) is 23.8 Å². The number of aryl methyl sites for hydroxylation is 3. The second kappa shape index (κ2) is 13.5. The van der Waals surface area contributed by atoms with Crippen LogP contribution < -0.4 is 20.7 Å². The fraction of sp³-hybridized carbons (Fsp3) is 0.500. The Morgan fingerprint density at radius 1 is 1.03 bits per heavy atom. The zero-order valence-corrected chi connectivity index (χ0v) is 23.2. The van der Waals surface area contributed by atoms with Crippen LogP contribution in [0.3, 0.4) is 0 Å². The van der Waals surface area contributed by atoms with Gasteiger partial charge in [-0.05, 0) is 50.8 Å². The van der Waals surface area contributed by atoms with E-state index in [1.165, 1.54) is 4.57 Å². The first kappa shape index (κ1) is 29.2. The lowest BCUT2D eigenvalue weighted by Gasteiger charge is -2.17. The molecule has 1 N–H and O–H groups in total. The molecule has 0 amide bonds. The maximum atomic E-state index is 13.2. The number of H-pyrrole nitrogens is 1. The van der Waals surface area contributed by atoms with E-state index in [1.807, 2.05) is 18.2 Å². The van der Waals surface area contributed by atoms with Gasteiger partial charge in [0.2, 0.25) is 0 Å². The monoisotopic (exact) mass is 546 g/mol. The topological polar surface area (TPSA) is 127 Å². The summed E-state index contributed by atoms with van der Waals surface area (Å²) in [6.07, 6.45) is 7.76. The van der Waals surface area contributed by atoms with Crippen molar-refractivity contribution in [1.82, 2.24) is 19.1 Å². The third-order valence-corrected chi connectivity index (χ3v) is 8.14. The largest absolute Gasteiger partial charge is 0.493 e. The summed E-state index contributed by atoms with van der Waals surface area (Å²) >= 11 is 0. The number of nitrogens with zero attached hydrogens (tertiary/aromatic N) is 3. The molecule has 2 heterocycles. The van der Waals surface area contributed by atoms with Crippen molar-refractivity contribution in [2.24, 2.45) is 0 Å². The van der Waals surface area contributed by atoms with Crippen molar-refractivity contribution in [1.29, 1.82) is 0 Å². The number of nitrogens with one attached hydrogen (secondary N) is 1. The molecule has 3 rings (SSSR count). The SMILES string of the molecule is C#CCn1c(=O)c2[nH]c(CCc3ccc(OC)c(OC)c3)nc2n(CCCCP(=O)(OCC)OCC)c1=O. The smallest absolute Gasteiger partial charge is 0.333 e. The highest BCUT2D eigenvalue weighted by Gasteiger charge is 2.23. The van der Waals surface area contributed by atoms with Gasteiger partial charge in [0.1, 0.15) is 11.3 Å². The number of methoxy groups -OCH3 is 2. The Morgan fingerprint density at radius 3 is 2.37 bits per heavy atom. The summed E-state index contributed by atoms with van der Waals surface area (Å²) in [5.41, 5.74) is 0.445. The van der Waals surface area contributed by atoms with Crippen molar-refractivity contribution in [3.05, 3.63) is 50.4 Å². The number of rotatable bonds is 15. The van der Waals surface area contributed by atoms with E-state index in [9.17, 15) is 14.2 Å². The lowest BCUT2D eigenvalue weighted by Crippen LogP contribution is -2.40. The predicted octanol–water partition coefficient (Wildman–Crippen LogP) is 3.37. The number of terminal acetylenes is 1. The Balaban J connectivity index is 1.85. The highest BCUT2D eigenvalue weighted by Crippen LogP contribution is 2.48. The Hall–Kier alpha value is -3.32. The zero-order chi connectivity index (χ0) is 27.7. The Morgan fingerprint density at radius 2 is 1.74 bits per heavy atom. The second-order valence-electron chi connectivity index (χ2n) is 8.48. The minimum absolute atomic E-state index is 0.155. The number of fused-ring (bicyclic) bond motifs is 1. The minimum atomic E-state index is -3.18. The lowest BCUT2D eigenvalue weighted by atomic mass is 10.1. The van der Waals surface area contributed by atoms with Gasteiger partial charge in [0.15, 0.2) is 17.1 Å². The third-order valence-electron chi connectivity index (χ3n) is 5.97. The van der Waals surface area contributed by atoms with Gasteiger partial charge in [0.05, 0.1) is 40.1 Å². The van der Waals surface area contributed by atoms with Gasteiger partial charge in [-0.3, -0.25) is 13.9 Å². The highest BCUT2D eigenvalue weighted by atomic mass is 31.2. The van der Waals surface area contributed by atoms with Gasteiger partial charge in [-0.15, -0.1) is 6.42 Å². The first-order valence-electron chi connectivity index (χ1n) is 12.5. The molecule has 0 spiro atoms. The summed E-state index contributed by atoms with van der Waals surface area (Å²) < 4.78 is 36.5. The van der Waals surface area contributed by atoms with Crippen LogP contribution >= 0.6 is 7.60 Å². The van der Waals surface area contributed by atoms with Crippen molar-refractivity contribution < 1.29 is 23.1 Å². The van der Waals surface area contributed by atoms with Gasteiger partial charge in [-0.25, -0.2) is 14.3 Å². The molecule has 3 aromatic rings. The lowest BCUT2D eigenvalue weighted by molar-refractivity contribution is 0.219. The number of hydrogen-bond donors (Lipinski definition) is 1. The number of aromatic amines is 1. The van der Waals surface area contributed by atoms with Crippen LogP contribution in [-0.2, 0) is 39.5 Å². The van der Waals surface area contributed by atoms with Gasteiger partial charge in [-0.1, -0.05) is 12.0 Å². The molecule has 0 aliphatic heterocycles. The molecular weight excluding hydrogens is 511 g/mol. The first-order valence-corrected chi connectivity index (χ1v) is 14.3. The number of benzene rings is 1. The molecule has 0 saturated heterocycles. The zero-order valence-electron chi connectivity index (χ0n) is 22.3. The van der Waals surface area contributed by atoms with E-state index in [4.69, 9.17) is 24.9 Å². The van der Waals surface area contributed by atoms with E-state index in [2.05, 4.69) is 15.9 Å². The van der Waals surface area contributed by atoms with Crippen molar-refractivity contribution in [2.75, 3.05) is 33.6 Å². The van der Waals surface area contributed by atoms with E-state index < -0.39 is 18.8 Å². The molecule has 0 unspecified atom stereocenters. The molecule has 12 heteroatoms. The molecular formula is C26H35N4O7P. The normalized spacial score (nSPS) is 11.6. The standard InChI is InChI=1S/C26H35N4O7P/c1-6-15-30-25(31)23-24(29(26(30)32)16-9-10-17-38(33,36-7-2)37-8-3)28-22(27-23)14-12-19-11-13-20(34-4)21(18-19)35-5/h1,11,13,18H,7-10,12,14-17H2,2-5H3,(H,27,28). The molecule has 206 valence electrons. The Bertz CT molecular complexity index is 1440. The van der Waals surface area contributed by atoms with Gasteiger partial charge in [-0.2, -0.15) is 0 Å². The van der Waals surface area contributed by atoms with E-state index >= 15 is 0 Å². The van der Waals surface area contributed by atoms with Crippen molar-refractivity contribution in [2.45, 2.75) is 52.6 Å². The molecule has 0 radical (unpaired) electrons. The summed E-state index contributed by atoms with van der Waals surface area (Å²) in [6.45, 7) is 4.20. The fourth-order valence-electron chi connectivity index (χ4n) is 4.20. The molecule has 0 saturated carbocycles. The highest BCUT2D eigenvalue weighted by molar-refractivity contribution is 7.53. The molecule has 0 fully saturated rings. The molecule has 1 aromatic carbocycles. The van der Waals surface area contributed by atoms with E-state index in [0.717, 1.165) is 10.1 Å². The molecule has 0 bridgehead atoms. The van der Waals surface area contributed by atoms with Crippen LogP contribution in [0.2, 0.25) is 0 Å². The molecule has 38 heavy (non-hydrogen) atoms. The van der Waals surface area contributed by atoms with Crippen LogP contribution in [0.5, 0.6) is 11.5 Å². The summed E-state index contributed by atoms with van der Waals surface area (Å²) in [4.78, 5) is 33.9. The third kappa shape index (κ3) is 6.76. The molecule has 0 aliphatic rings. The quantitative estimate of drug-likeness (QED) is 0.175. The van der Waals surface area contributed by atoms with E-state index in [-0.39, 0.29) is 43.6 Å². The first-order chi connectivity index (χ1) is 18.3. The molecule has 0 aliphatic carbocycles. The maximum Gasteiger partial charge on any atom is 0.333 e. The number of aromatic nitrogens is 4. The summed E-state index contributed by atoms with van der Waals surface area (Å²) in [5, 5.41) is 0. The van der Waals surface area contributed by atoms with Crippen LogP contribution in [0.1, 0.15) is 38.1 Å². The van der Waals surface area contributed by atoms with Gasteiger partial charge in [0, 0.05) is 13.0 Å². The van der Waals surface area contributed by atoms with Crippen LogP contribution in [-0.4, -0.2) is 52.7 Å². The van der Waals surface area contributed by atoms with Crippen molar-refractivity contribution >= 4 is 18.8 Å². The van der Waals surface area contributed by atoms with Crippen LogP contribution in [0, 0.1) is 12.3 Å². The average Bonchev–Trinajstić information content (AvgIpc) is 3.34. The number of imidazole rings is 1.